The zero-order chi connectivity index (χ0) is 16.4. The van der Waals surface area contributed by atoms with Crippen LogP contribution in [0.3, 0.4) is 0 Å². The summed E-state index contributed by atoms with van der Waals surface area (Å²) in [5, 5.41) is 5.37. The summed E-state index contributed by atoms with van der Waals surface area (Å²) in [5.74, 6) is -0.629. The molecule has 3 rings (SSSR count). The van der Waals surface area contributed by atoms with E-state index in [4.69, 9.17) is 9.47 Å². The van der Waals surface area contributed by atoms with Gasteiger partial charge in [-0.25, -0.2) is 4.79 Å². The Labute approximate surface area is 138 Å². The average Bonchev–Trinajstić information content (AvgIpc) is 3.08. The van der Waals surface area contributed by atoms with Crippen molar-refractivity contribution in [2.24, 2.45) is 0 Å². The van der Waals surface area contributed by atoms with Crippen molar-refractivity contribution in [1.82, 2.24) is 5.32 Å². The van der Waals surface area contributed by atoms with E-state index in [1.165, 1.54) is 19.1 Å². The van der Waals surface area contributed by atoms with Gasteiger partial charge in [0, 0.05) is 4.88 Å². The third kappa shape index (κ3) is 3.00. The Morgan fingerprint density at radius 3 is 2.52 bits per heavy atom. The first-order valence-corrected chi connectivity index (χ1v) is 8.10. The SMILES string of the molecule is COC(=O)c1ccc([C@@H]2N[C@@H](C(=O)OC)Cc3ccsc32)cc1. The smallest absolute Gasteiger partial charge is 0.337 e. The van der Waals surface area contributed by atoms with Crippen LogP contribution in [-0.4, -0.2) is 32.2 Å². The van der Waals surface area contributed by atoms with E-state index in [2.05, 4.69) is 5.32 Å². The Hall–Kier alpha value is -2.18. The van der Waals surface area contributed by atoms with Crippen molar-refractivity contribution in [3.8, 4) is 0 Å². The van der Waals surface area contributed by atoms with Crippen molar-refractivity contribution in [3.05, 3.63) is 57.3 Å². The molecule has 0 radical (unpaired) electrons. The lowest BCUT2D eigenvalue weighted by atomic mass is 9.93. The van der Waals surface area contributed by atoms with Gasteiger partial charge in [-0.2, -0.15) is 0 Å². The highest BCUT2D eigenvalue weighted by Gasteiger charge is 2.32. The standard InChI is InChI=1S/C17H17NO4S/c1-21-16(19)11-5-3-10(4-6-11)14-15-12(7-8-23-15)9-13(18-14)17(20)22-2/h3-8,13-14,18H,9H2,1-2H3/t13-,14+/m1/s1. The van der Waals surface area contributed by atoms with Gasteiger partial charge in [-0.3, -0.25) is 10.1 Å². The van der Waals surface area contributed by atoms with E-state index in [1.54, 1.807) is 23.5 Å². The van der Waals surface area contributed by atoms with Crippen LogP contribution in [0.1, 0.15) is 32.4 Å². The summed E-state index contributed by atoms with van der Waals surface area (Å²) in [7, 11) is 2.76. The molecule has 6 heteroatoms. The third-order valence-corrected chi connectivity index (χ3v) is 5.01. The maximum absolute atomic E-state index is 11.9. The van der Waals surface area contributed by atoms with Crippen molar-refractivity contribution >= 4 is 23.3 Å². The Morgan fingerprint density at radius 1 is 1.13 bits per heavy atom. The highest BCUT2D eigenvalue weighted by Crippen LogP contribution is 2.34. The number of hydrogen-bond acceptors (Lipinski definition) is 6. The van der Waals surface area contributed by atoms with Crippen molar-refractivity contribution in [3.63, 3.8) is 0 Å². The minimum atomic E-state index is -0.368. The minimum Gasteiger partial charge on any atom is -0.468 e. The Bertz CT molecular complexity index is 722. The molecule has 0 saturated heterocycles. The molecule has 0 aliphatic carbocycles. The van der Waals surface area contributed by atoms with Crippen molar-refractivity contribution in [2.75, 3.05) is 14.2 Å². The van der Waals surface area contributed by atoms with Gasteiger partial charge in [0.2, 0.25) is 0 Å². The number of fused-ring (bicyclic) bond motifs is 1. The second kappa shape index (κ2) is 6.52. The van der Waals surface area contributed by atoms with E-state index in [0.717, 1.165) is 11.1 Å². The van der Waals surface area contributed by atoms with Crippen LogP contribution in [-0.2, 0) is 20.7 Å². The molecule has 5 nitrogen and oxygen atoms in total. The van der Waals surface area contributed by atoms with E-state index in [-0.39, 0.29) is 24.0 Å². The number of methoxy groups -OCH3 is 2. The predicted octanol–water partition coefficient (Wildman–Crippen LogP) is 2.31. The van der Waals surface area contributed by atoms with Crippen LogP contribution in [0, 0.1) is 0 Å². The molecule has 2 atom stereocenters. The van der Waals surface area contributed by atoms with Crippen LogP contribution in [0.4, 0.5) is 0 Å². The lowest BCUT2D eigenvalue weighted by molar-refractivity contribution is -0.143. The van der Waals surface area contributed by atoms with Gasteiger partial charge in [-0.15, -0.1) is 11.3 Å². The molecule has 1 N–H and O–H groups in total. The largest absolute Gasteiger partial charge is 0.468 e. The monoisotopic (exact) mass is 331 g/mol. The lowest BCUT2D eigenvalue weighted by Crippen LogP contribution is -2.45. The normalized spacial score (nSPS) is 19.7. The second-order valence-electron chi connectivity index (χ2n) is 5.30. The number of nitrogens with one attached hydrogen (secondary N) is 1. The molecule has 0 bridgehead atoms. The van der Waals surface area contributed by atoms with E-state index in [9.17, 15) is 9.59 Å². The maximum atomic E-state index is 11.9. The van der Waals surface area contributed by atoms with Crippen LogP contribution in [0.5, 0.6) is 0 Å². The van der Waals surface area contributed by atoms with E-state index in [0.29, 0.717) is 12.0 Å². The summed E-state index contributed by atoms with van der Waals surface area (Å²) in [4.78, 5) is 24.6. The minimum absolute atomic E-state index is 0.0884. The number of carbonyl (C=O) groups excluding carboxylic acids is 2. The number of benzene rings is 1. The Balaban J connectivity index is 1.92. The quantitative estimate of drug-likeness (QED) is 0.875. The molecule has 0 spiro atoms. The van der Waals surface area contributed by atoms with Gasteiger partial charge in [0.25, 0.3) is 0 Å². The van der Waals surface area contributed by atoms with Gasteiger partial charge in [0.05, 0.1) is 25.8 Å². The Kier molecular flexibility index (Phi) is 4.45. The van der Waals surface area contributed by atoms with Crippen LogP contribution in [0.25, 0.3) is 0 Å². The lowest BCUT2D eigenvalue weighted by Gasteiger charge is -2.30. The zero-order valence-corrected chi connectivity index (χ0v) is 13.7. The highest BCUT2D eigenvalue weighted by atomic mass is 32.1. The molecular formula is C17H17NO4S. The average molecular weight is 331 g/mol. The number of thiophene rings is 1. The first kappa shape index (κ1) is 15.7. The molecule has 0 amide bonds. The van der Waals surface area contributed by atoms with E-state index < -0.39 is 0 Å². The molecule has 2 aromatic rings. The first-order chi connectivity index (χ1) is 11.1. The zero-order valence-electron chi connectivity index (χ0n) is 12.9. The maximum Gasteiger partial charge on any atom is 0.337 e. The third-order valence-electron chi connectivity index (χ3n) is 3.99. The number of ether oxygens (including phenoxy) is 2. The van der Waals surface area contributed by atoms with Gasteiger partial charge in [0.15, 0.2) is 0 Å². The molecule has 1 aliphatic rings. The summed E-state index contributed by atoms with van der Waals surface area (Å²) in [6.45, 7) is 0. The van der Waals surface area contributed by atoms with Crippen LogP contribution in [0.15, 0.2) is 35.7 Å². The van der Waals surface area contributed by atoms with Gasteiger partial charge in [0.1, 0.15) is 6.04 Å². The first-order valence-electron chi connectivity index (χ1n) is 7.22. The van der Waals surface area contributed by atoms with Crippen LogP contribution >= 0.6 is 11.3 Å². The molecule has 23 heavy (non-hydrogen) atoms. The summed E-state index contributed by atoms with van der Waals surface area (Å²) in [6.07, 6.45) is 0.627. The highest BCUT2D eigenvalue weighted by molar-refractivity contribution is 7.10. The van der Waals surface area contributed by atoms with Crippen LogP contribution < -0.4 is 5.32 Å². The van der Waals surface area contributed by atoms with Gasteiger partial charge >= 0.3 is 11.9 Å². The van der Waals surface area contributed by atoms with E-state index in [1.807, 2.05) is 23.6 Å². The summed E-state index contributed by atoms with van der Waals surface area (Å²) >= 11 is 1.66. The number of carbonyl (C=O) groups is 2. The fourth-order valence-corrected chi connectivity index (χ4v) is 3.82. The Morgan fingerprint density at radius 2 is 1.87 bits per heavy atom. The topological polar surface area (TPSA) is 64.6 Å². The predicted molar refractivity (Wildman–Crippen MR) is 86.6 cm³/mol. The molecule has 1 aliphatic heterocycles. The molecule has 1 aromatic heterocycles. The number of rotatable bonds is 3. The van der Waals surface area contributed by atoms with Crippen molar-refractivity contribution < 1.29 is 19.1 Å². The van der Waals surface area contributed by atoms with Crippen LogP contribution in [0.2, 0.25) is 0 Å². The van der Waals surface area contributed by atoms with Crippen molar-refractivity contribution in [1.29, 1.82) is 0 Å². The molecule has 0 fully saturated rings. The second-order valence-corrected chi connectivity index (χ2v) is 6.25. The van der Waals surface area contributed by atoms with Gasteiger partial charge < -0.3 is 9.47 Å². The van der Waals surface area contributed by atoms with Gasteiger partial charge in [-0.1, -0.05) is 12.1 Å². The van der Waals surface area contributed by atoms with E-state index >= 15 is 0 Å². The number of hydrogen-bond donors (Lipinski definition) is 1. The summed E-state index contributed by atoms with van der Waals surface area (Å²) in [6, 6.07) is 8.82. The molecular weight excluding hydrogens is 314 g/mol. The summed E-state index contributed by atoms with van der Waals surface area (Å²) in [5.41, 5.74) is 2.66. The molecule has 0 saturated carbocycles. The van der Waals surface area contributed by atoms with Gasteiger partial charge in [-0.05, 0) is 41.1 Å². The molecule has 2 heterocycles. The molecule has 1 aromatic carbocycles. The molecule has 120 valence electrons. The fourth-order valence-electron chi connectivity index (χ4n) is 2.80. The number of esters is 2. The van der Waals surface area contributed by atoms with Crippen molar-refractivity contribution in [2.45, 2.75) is 18.5 Å². The summed E-state index contributed by atoms with van der Waals surface area (Å²) < 4.78 is 9.59. The molecule has 0 unspecified atom stereocenters. The fraction of sp³-hybridized carbons (Fsp3) is 0.294.